The molecule has 3 heterocycles. The van der Waals surface area contributed by atoms with Crippen LogP contribution in [-0.4, -0.2) is 32.3 Å². The predicted octanol–water partition coefficient (Wildman–Crippen LogP) is 4.43. The van der Waals surface area contributed by atoms with Gasteiger partial charge in [-0.3, -0.25) is 4.79 Å². The third kappa shape index (κ3) is 5.29. The highest BCUT2D eigenvalue weighted by atomic mass is 35.5. The summed E-state index contributed by atoms with van der Waals surface area (Å²) in [5.74, 6) is 1.49. The molecule has 34 heavy (non-hydrogen) atoms. The van der Waals surface area contributed by atoms with Crippen molar-refractivity contribution in [3.05, 3.63) is 96.2 Å². The lowest BCUT2D eigenvalue weighted by Crippen LogP contribution is -2.10. The summed E-state index contributed by atoms with van der Waals surface area (Å²) in [6.45, 7) is 2.03. The van der Waals surface area contributed by atoms with E-state index >= 15 is 0 Å². The van der Waals surface area contributed by atoms with Gasteiger partial charge in [0.25, 0.3) is 0 Å². The summed E-state index contributed by atoms with van der Waals surface area (Å²) in [7, 11) is 0. The molecule has 0 radical (unpaired) electrons. The maximum absolute atomic E-state index is 13.1. The number of aromatic nitrogens is 4. The summed E-state index contributed by atoms with van der Waals surface area (Å²) in [6.07, 6.45) is 10.6. The van der Waals surface area contributed by atoms with E-state index in [2.05, 4.69) is 9.97 Å². The van der Waals surface area contributed by atoms with Crippen LogP contribution in [0.15, 0.2) is 95.2 Å². The first kappa shape index (κ1) is 23.1. The minimum absolute atomic E-state index is 0. The van der Waals surface area contributed by atoms with Crippen LogP contribution in [0, 0.1) is 0 Å². The van der Waals surface area contributed by atoms with Crippen molar-refractivity contribution in [1.82, 2.24) is 19.1 Å². The number of hydrogen-bond acceptors (Lipinski definition) is 6. The molecule has 0 spiro atoms. The molecule has 0 amide bonds. The fourth-order valence-electron chi connectivity index (χ4n) is 3.54. The summed E-state index contributed by atoms with van der Waals surface area (Å²) in [4.78, 5) is 21.1. The van der Waals surface area contributed by atoms with Gasteiger partial charge in [0.05, 0.1) is 25.7 Å². The average molecular weight is 479 g/mol. The van der Waals surface area contributed by atoms with Gasteiger partial charge < -0.3 is 23.0 Å². The normalized spacial score (nSPS) is 10.7. The third-order valence-corrected chi connectivity index (χ3v) is 5.17. The summed E-state index contributed by atoms with van der Waals surface area (Å²) in [5.41, 5.74) is 1.07. The highest BCUT2D eigenvalue weighted by Crippen LogP contribution is 2.32. The zero-order valence-corrected chi connectivity index (χ0v) is 19.1. The van der Waals surface area contributed by atoms with Crippen LogP contribution in [0.3, 0.4) is 0 Å². The van der Waals surface area contributed by atoms with Gasteiger partial charge in [0.15, 0.2) is 5.43 Å². The van der Waals surface area contributed by atoms with E-state index in [1.54, 1.807) is 37.2 Å². The lowest BCUT2D eigenvalue weighted by atomic mass is 10.1. The summed E-state index contributed by atoms with van der Waals surface area (Å²) >= 11 is 0. The largest absolute Gasteiger partial charge is 0.491 e. The van der Waals surface area contributed by atoms with E-state index in [0.717, 1.165) is 5.56 Å². The van der Waals surface area contributed by atoms with Gasteiger partial charge in [0.2, 0.25) is 0 Å². The van der Waals surface area contributed by atoms with Gasteiger partial charge in [-0.05, 0) is 0 Å². The van der Waals surface area contributed by atoms with Crippen LogP contribution in [0.1, 0.15) is 0 Å². The Hall–Kier alpha value is -4.04. The Balaban J connectivity index is 0.00000274. The van der Waals surface area contributed by atoms with Crippen LogP contribution < -0.4 is 14.9 Å². The zero-order valence-electron chi connectivity index (χ0n) is 18.2. The molecule has 174 valence electrons. The number of halogens is 1. The van der Waals surface area contributed by atoms with Crippen molar-refractivity contribution in [3.63, 3.8) is 0 Å². The van der Waals surface area contributed by atoms with Crippen LogP contribution >= 0.6 is 12.4 Å². The summed E-state index contributed by atoms with van der Waals surface area (Å²) < 4.78 is 21.9. The van der Waals surface area contributed by atoms with E-state index in [1.165, 1.54) is 6.07 Å². The zero-order chi connectivity index (χ0) is 22.5. The first-order chi connectivity index (χ1) is 16.3. The molecule has 0 bridgehead atoms. The fraction of sp³-hybridized carbons (Fsp3) is 0.160. The fourth-order valence-corrected chi connectivity index (χ4v) is 3.54. The number of fused-ring (bicyclic) bond motifs is 1. The van der Waals surface area contributed by atoms with Crippen molar-refractivity contribution < 1.29 is 13.9 Å². The smallest absolute Gasteiger partial charge is 0.197 e. The minimum Gasteiger partial charge on any atom is -0.491 e. The maximum Gasteiger partial charge on any atom is 0.197 e. The Labute approximate surface area is 201 Å². The molecule has 0 N–H and O–H groups in total. The lowest BCUT2D eigenvalue weighted by molar-refractivity contribution is 0.285. The van der Waals surface area contributed by atoms with Gasteiger partial charge in [-0.1, -0.05) is 30.3 Å². The number of hydrogen-bond donors (Lipinski definition) is 0. The topological polar surface area (TPSA) is 84.3 Å². The van der Waals surface area contributed by atoms with Crippen molar-refractivity contribution in [3.8, 4) is 22.8 Å². The number of benzene rings is 2. The van der Waals surface area contributed by atoms with Crippen LogP contribution in [0.2, 0.25) is 0 Å². The van der Waals surface area contributed by atoms with Crippen molar-refractivity contribution in [2.45, 2.75) is 13.1 Å². The number of nitrogens with zero attached hydrogens (tertiary/aromatic N) is 4. The molecule has 0 fully saturated rings. The number of rotatable bonds is 9. The average Bonchev–Trinajstić information content (AvgIpc) is 3.54. The molecule has 0 saturated carbocycles. The van der Waals surface area contributed by atoms with E-state index in [-0.39, 0.29) is 17.8 Å². The first-order valence-corrected chi connectivity index (χ1v) is 10.6. The second-order valence-electron chi connectivity index (χ2n) is 7.43. The van der Waals surface area contributed by atoms with Gasteiger partial charge in [-0.25, -0.2) is 9.97 Å². The highest BCUT2D eigenvalue weighted by Gasteiger charge is 2.15. The molecule has 2 aromatic carbocycles. The molecule has 3 aromatic heterocycles. The van der Waals surface area contributed by atoms with Gasteiger partial charge >= 0.3 is 0 Å². The predicted molar refractivity (Wildman–Crippen MR) is 131 cm³/mol. The van der Waals surface area contributed by atoms with Crippen molar-refractivity contribution in [2.75, 3.05) is 13.2 Å². The van der Waals surface area contributed by atoms with Crippen molar-refractivity contribution in [1.29, 1.82) is 0 Å². The van der Waals surface area contributed by atoms with Crippen LogP contribution in [-0.2, 0) is 13.1 Å². The van der Waals surface area contributed by atoms with E-state index in [0.29, 0.717) is 54.5 Å². The Kier molecular flexibility index (Phi) is 7.29. The van der Waals surface area contributed by atoms with E-state index in [9.17, 15) is 4.79 Å². The molecular weight excluding hydrogens is 456 g/mol. The second kappa shape index (κ2) is 10.7. The molecule has 0 aliphatic heterocycles. The summed E-state index contributed by atoms with van der Waals surface area (Å²) in [5, 5.41) is 0.391. The lowest BCUT2D eigenvalue weighted by Gasteiger charge is -2.13. The van der Waals surface area contributed by atoms with E-state index in [4.69, 9.17) is 13.9 Å². The van der Waals surface area contributed by atoms with Crippen molar-refractivity contribution >= 4 is 23.4 Å². The molecule has 0 atom stereocenters. The van der Waals surface area contributed by atoms with Crippen LogP contribution in [0.5, 0.6) is 11.5 Å². The molecule has 0 saturated heterocycles. The Bertz CT molecular complexity index is 1380. The highest BCUT2D eigenvalue weighted by molar-refractivity contribution is 5.86. The Morgan fingerprint density at radius 1 is 0.853 bits per heavy atom. The number of imidazole rings is 2. The molecule has 5 aromatic rings. The Morgan fingerprint density at radius 3 is 2.18 bits per heavy atom. The SMILES string of the molecule is Cl.O=c1cc(-c2ccccc2)oc2cc(OCCn3ccnc3)cc(OCCn3ccnc3)c12. The monoisotopic (exact) mass is 478 g/mol. The number of ether oxygens (including phenoxy) is 2. The van der Waals surface area contributed by atoms with Gasteiger partial charge in [-0.15, -0.1) is 12.4 Å². The molecule has 0 aliphatic rings. The molecule has 0 aliphatic carbocycles. The van der Waals surface area contributed by atoms with E-state index in [1.807, 2.05) is 51.9 Å². The maximum atomic E-state index is 13.1. The molecule has 9 heteroatoms. The van der Waals surface area contributed by atoms with Crippen molar-refractivity contribution in [2.24, 2.45) is 0 Å². The molecule has 5 rings (SSSR count). The second-order valence-corrected chi connectivity index (χ2v) is 7.43. The van der Waals surface area contributed by atoms with Crippen LogP contribution in [0.25, 0.3) is 22.3 Å². The molecule has 0 unspecified atom stereocenters. The van der Waals surface area contributed by atoms with E-state index < -0.39 is 0 Å². The van der Waals surface area contributed by atoms with Gasteiger partial charge in [0.1, 0.15) is 41.4 Å². The van der Waals surface area contributed by atoms with Gasteiger partial charge in [0, 0.05) is 48.5 Å². The molecule has 8 nitrogen and oxygen atoms in total. The standard InChI is InChI=1S/C25H22N4O4.ClH/c30-21-16-22(19-4-2-1-3-5-19)33-24-15-20(31-12-10-28-8-6-26-17-28)14-23(25(21)24)32-13-11-29-9-7-27-18-29;/h1-9,14-18H,10-13H2;1H. The Morgan fingerprint density at radius 2 is 1.53 bits per heavy atom. The van der Waals surface area contributed by atoms with Crippen LogP contribution in [0.4, 0.5) is 0 Å². The minimum atomic E-state index is -0.169. The quantitative estimate of drug-likeness (QED) is 0.311. The third-order valence-electron chi connectivity index (χ3n) is 5.17. The summed E-state index contributed by atoms with van der Waals surface area (Å²) in [6, 6.07) is 14.5. The van der Waals surface area contributed by atoms with Gasteiger partial charge in [-0.2, -0.15) is 0 Å². The molecular formula is C25H23ClN4O4. The first-order valence-electron chi connectivity index (χ1n) is 10.6.